The molecule has 0 saturated carbocycles. The lowest BCUT2D eigenvalue weighted by molar-refractivity contribution is 0.330. The first-order valence-corrected chi connectivity index (χ1v) is 7.51. The predicted octanol–water partition coefficient (Wildman–Crippen LogP) is 4.34. The van der Waals surface area contributed by atoms with Crippen LogP contribution in [0.1, 0.15) is 32.3 Å². The summed E-state index contributed by atoms with van der Waals surface area (Å²) in [6.07, 6.45) is 2.02. The number of alkyl halides is 1. The fourth-order valence-electron chi connectivity index (χ4n) is 1.72. The molecule has 0 saturated heterocycles. The van der Waals surface area contributed by atoms with E-state index in [-0.39, 0.29) is 5.54 Å². The highest BCUT2D eigenvalue weighted by atomic mass is 79.9. The van der Waals surface area contributed by atoms with Crippen LogP contribution >= 0.6 is 27.5 Å². The Morgan fingerprint density at radius 3 is 2.72 bits per heavy atom. The Balaban J connectivity index is 2.72. The average molecular weight is 335 g/mol. The van der Waals surface area contributed by atoms with E-state index in [0.717, 1.165) is 29.6 Å². The molecule has 1 N–H and O–H groups in total. The van der Waals surface area contributed by atoms with Crippen molar-refractivity contribution in [1.29, 1.82) is 0 Å². The molecule has 1 rings (SSSR count). The predicted molar refractivity (Wildman–Crippen MR) is 81.6 cm³/mol. The molecule has 0 aliphatic rings. The van der Waals surface area contributed by atoms with Crippen LogP contribution in [-0.4, -0.2) is 18.5 Å². The van der Waals surface area contributed by atoms with Gasteiger partial charge in [0.2, 0.25) is 0 Å². The van der Waals surface area contributed by atoms with E-state index in [2.05, 4.69) is 35.1 Å². The Hall–Kier alpha value is -0.250. The maximum Gasteiger partial charge on any atom is 0.119 e. The minimum absolute atomic E-state index is 0.0876. The SMILES string of the molecule is CCC(C)(CCCl)NCc1cc(OC)ccc1Br. The van der Waals surface area contributed by atoms with Crippen LogP contribution in [0.25, 0.3) is 0 Å². The quantitative estimate of drug-likeness (QED) is 0.749. The Morgan fingerprint density at radius 2 is 2.17 bits per heavy atom. The highest BCUT2D eigenvalue weighted by Gasteiger charge is 2.20. The van der Waals surface area contributed by atoms with Gasteiger partial charge in [0.1, 0.15) is 5.75 Å². The summed E-state index contributed by atoms with van der Waals surface area (Å²) < 4.78 is 6.34. The largest absolute Gasteiger partial charge is 0.497 e. The standard InChI is InChI=1S/C14H21BrClNO/c1-4-14(2,7-8-16)17-10-11-9-12(18-3)5-6-13(11)15/h5-6,9,17H,4,7-8,10H2,1-3H3. The maximum atomic E-state index is 5.86. The number of ether oxygens (including phenoxy) is 1. The molecule has 0 aliphatic heterocycles. The van der Waals surface area contributed by atoms with Crippen molar-refractivity contribution in [3.63, 3.8) is 0 Å². The highest BCUT2D eigenvalue weighted by Crippen LogP contribution is 2.24. The number of hydrogen-bond donors (Lipinski definition) is 1. The van der Waals surface area contributed by atoms with Gasteiger partial charge in [-0.2, -0.15) is 0 Å². The Kier molecular flexibility index (Phi) is 6.47. The normalized spacial score (nSPS) is 14.3. The number of benzene rings is 1. The summed E-state index contributed by atoms with van der Waals surface area (Å²) in [6.45, 7) is 5.20. The molecule has 0 amide bonds. The zero-order valence-electron chi connectivity index (χ0n) is 11.2. The fraction of sp³-hybridized carbons (Fsp3) is 0.571. The van der Waals surface area contributed by atoms with Gasteiger partial charge in [0.25, 0.3) is 0 Å². The molecule has 2 nitrogen and oxygen atoms in total. The van der Waals surface area contributed by atoms with E-state index in [4.69, 9.17) is 16.3 Å². The molecule has 1 aromatic rings. The van der Waals surface area contributed by atoms with Gasteiger partial charge in [0, 0.05) is 22.4 Å². The van der Waals surface area contributed by atoms with E-state index in [0.29, 0.717) is 5.88 Å². The second-order valence-corrected chi connectivity index (χ2v) is 5.90. The Labute approximate surface area is 123 Å². The van der Waals surface area contributed by atoms with E-state index < -0.39 is 0 Å². The molecule has 1 unspecified atom stereocenters. The molecule has 4 heteroatoms. The number of halogens is 2. The zero-order chi connectivity index (χ0) is 13.6. The van der Waals surface area contributed by atoms with E-state index in [1.54, 1.807) is 7.11 Å². The summed E-state index contributed by atoms with van der Waals surface area (Å²) in [4.78, 5) is 0. The van der Waals surface area contributed by atoms with E-state index >= 15 is 0 Å². The molecule has 0 aromatic heterocycles. The number of methoxy groups -OCH3 is 1. The molecule has 18 heavy (non-hydrogen) atoms. The van der Waals surface area contributed by atoms with Crippen molar-refractivity contribution in [3.05, 3.63) is 28.2 Å². The van der Waals surface area contributed by atoms with Gasteiger partial charge in [-0.25, -0.2) is 0 Å². The van der Waals surface area contributed by atoms with Gasteiger partial charge in [0.05, 0.1) is 7.11 Å². The van der Waals surface area contributed by atoms with Crippen molar-refractivity contribution in [3.8, 4) is 5.75 Å². The van der Waals surface area contributed by atoms with Crippen LogP contribution in [0.15, 0.2) is 22.7 Å². The molecule has 0 heterocycles. The lowest BCUT2D eigenvalue weighted by Crippen LogP contribution is -2.41. The minimum atomic E-state index is 0.0876. The summed E-state index contributed by atoms with van der Waals surface area (Å²) in [7, 11) is 1.68. The first-order chi connectivity index (χ1) is 8.54. The second-order valence-electron chi connectivity index (χ2n) is 4.66. The molecule has 0 aliphatic carbocycles. The van der Waals surface area contributed by atoms with Gasteiger partial charge < -0.3 is 10.1 Å². The van der Waals surface area contributed by atoms with Crippen molar-refractivity contribution in [2.45, 2.75) is 38.8 Å². The second kappa shape index (κ2) is 7.37. The first kappa shape index (κ1) is 15.8. The minimum Gasteiger partial charge on any atom is -0.497 e. The van der Waals surface area contributed by atoms with Crippen molar-refractivity contribution < 1.29 is 4.74 Å². The van der Waals surface area contributed by atoms with Gasteiger partial charge in [-0.3, -0.25) is 0 Å². The van der Waals surface area contributed by atoms with Gasteiger partial charge in [-0.1, -0.05) is 22.9 Å². The van der Waals surface area contributed by atoms with Gasteiger partial charge in [-0.15, -0.1) is 11.6 Å². The summed E-state index contributed by atoms with van der Waals surface area (Å²) in [5.74, 6) is 1.56. The summed E-state index contributed by atoms with van der Waals surface area (Å²) in [5, 5.41) is 3.59. The molecule has 102 valence electrons. The monoisotopic (exact) mass is 333 g/mol. The third kappa shape index (κ3) is 4.45. The Bertz CT molecular complexity index is 386. The number of hydrogen-bond acceptors (Lipinski definition) is 2. The number of nitrogens with one attached hydrogen (secondary N) is 1. The molecular formula is C14H21BrClNO. The van der Waals surface area contributed by atoms with Gasteiger partial charge >= 0.3 is 0 Å². The van der Waals surface area contributed by atoms with Crippen LogP contribution in [0.2, 0.25) is 0 Å². The summed E-state index contributed by atoms with van der Waals surface area (Å²) in [5.41, 5.74) is 1.29. The first-order valence-electron chi connectivity index (χ1n) is 6.18. The molecule has 0 fully saturated rings. The third-order valence-electron chi connectivity index (χ3n) is 3.39. The molecule has 0 bridgehead atoms. The highest BCUT2D eigenvalue weighted by molar-refractivity contribution is 9.10. The summed E-state index contributed by atoms with van der Waals surface area (Å²) in [6, 6.07) is 6.01. The van der Waals surface area contributed by atoms with Crippen LogP contribution in [0, 0.1) is 0 Å². The zero-order valence-corrected chi connectivity index (χ0v) is 13.6. The topological polar surface area (TPSA) is 21.3 Å². The lowest BCUT2D eigenvalue weighted by Gasteiger charge is -2.29. The smallest absolute Gasteiger partial charge is 0.119 e. The van der Waals surface area contributed by atoms with E-state index in [1.165, 1.54) is 5.56 Å². The molecule has 1 aromatic carbocycles. The molecular weight excluding hydrogens is 314 g/mol. The third-order valence-corrected chi connectivity index (χ3v) is 4.35. The molecule has 0 spiro atoms. The lowest BCUT2D eigenvalue weighted by atomic mass is 9.95. The van der Waals surface area contributed by atoms with Crippen molar-refractivity contribution >= 4 is 27.5 Å². The molecule has 0 radical (unpaired) electrons. The number of rotatable bonds is 7. The summed E-state index contributed by atoms with van der Waals surface area (Å²) >= 11 is 9.42. The van der Waals surface area contributed by atoms with Crippen molar-refractivity contribution in [2.24, 2.45) is 0 Å². The van der Waals surface area contributed by atoms with Crippen LogP contribution in [-0.2, 0) is 6.54 Å². The van der Waals surface area contributed by atoms with E-state index in [1.807, 2.05) is 18.2 Å². The van der Waals surface area contributed by atoms with Crippen LogP contribution < -0.4 is 10.1 Å². The van der Waals surface area contributed by atoms with E-state index in [9.17, 15) is 0 Å². The van der Waals surface area contributed by atoms with Crippen molar-refractivity contribution in [2.75, 3.05) is 13.0 Å². The van der Waals surface area contributed by atoms with Crippen LogP contribution in [0.3, 0.4) is 0 Å². The average Bonchev–Trinajstić information content (AvgIpc) is 2.38. The van der Waals surface area contributed by atoms with Crippen molar-refractivity contribution in [1.82, 2.24) is 5.32 Å². The maximum absolute atomic E-state index is 5.86. The van der Waals surface area contributed by atoms with Gasteiger partial charge in [0.15, 0.2) is 0 Å². The molecule has 1 atom stereocenters. The fourth-order valence-corrected chi connectivity index (χ4v) is 2.52. The van der Waals surface area contributed by atoms with Crippen LogP contribution in [0.5, 0.6) is 5.75 Å². The Morgan fingerprint density at radius 1 is 1.44 bits per heavy atom. The van der Waals surface area contributed by atoms with Gasteiger partial charge in [-0.05, 0) is 43.5 Å². The van der Waals surface area contributed by atoms with Crippen LogP contribution in [0.4, 0.5) is 0 Å².